The van der Waals surface area contributed by atoms with Gasteiger partial charge in [-0.05, 0) is 27.7 Å². The Balaban J connectivity index is 4.32. The number of hydrogen-bond acceptors (Lipinski definition) is 3. The van der Waals surface area contributed by atoms with Crippen LogP contribution in [0.15, 0.2) is 4.99 Å². The first-order valence-corrected chi connectivity index (χ1v) is 3.74. The molecule has 0 saturated heterocycles. The second-order valence-corrected chi connectivity index (χ2v) is 3.48. The molecule has 0 spiro atoms. The minimum atomic E-state index is -1.23. The van der Waals surface area contributed by atoms with E-state index in [0.29, 0.717) is 0 Å². The summed E-state index contributed by atoms with van der Waals surface area (Å²) < 4.78 is 4.77. The highest BCUT2D eigenvalue weighted by atomic mass is 16.6. The zero-order valence-electron chi connectivity index (χ0n) is 8.12. The number of carboxylic acids is 1. The third kappa shape index (κ3) is 5.84. The van der Waals surface area contributed by atoms with E-state index >= 15 is 0 Å². The van der Waals surface area contributed by atoms with Gasteiger partial charge in [0.05, 0.1) is 0 Å². The van der Waals surface area contributed by atoms with Gasteiger partial charge in [0.25, 0.3) is 0 Å². The van der Waals surface area contributed by atoms with E-state index in [1.54, 1.807) is 20.8 Å². The molecular weight excluding hydrogens is 174 g/mol. The van der Waals surface area contributed by atoms with Crippen LogP contribution in [0.2, 0.25) is 0 Å². The van der Waals surface area contributed by atoms with Crippen molar-refractivity contribution in [2.45, 2.75) is 33.3 Å². The number of aliphatic imine (C=N–C) groups is 1. The summed E-state index contributed by atoms with van der Waals surface area (Å²) in [6.45, 7) is 6.26. The second-order valence-electron chi connectivity index (χ2n) is 3.48. The van der Waals surface area contributed by atoms with E-state index in [1.165, 1.54) is 6.92 Å². The molecule has 1 N–H and O–H groups in total. The van der Waals surface area contributed by atoms with Gasteiger partial charge in [0.15, 0.2) is 0 Å². The van der Waals surface area contributed by atoms with Gasteiger partial charge in [-0.3, -0.25) is 0 Å². The number of carboxylic acid groups (broad SMARTS) is 1. The van der Waals surface area contributed by atoms with Gasteiger partial charge in [-0.2, -0.15) is 4.99 Å². The molecule has 0 aliphatic rings. The lowest BCUT2D eigenvalue weighted by atomic mass is 10.2. The van der Waals surface area contributed by atoms with Gasteiger partial charge in [-0.15, -0.1) is 0 Å². The molecule has 0 aromatic carbocycles. The summed E-state index contributed by atoms with van der Waals surface area (Å²) in [5.41, 5.74) is -0.937. The smallest absolute Gasteiger partial charge is 0.434 e. The van der Waals surface area contributed by atoms with Crippen molar-refractivity contribution in [2.75, 3.05) is 0 Å². The van der Waals surface area contributed by atoms with Crippen molar-refractivity contribution in [3.05, 3.63) is 0 Å². The fraction of sp³-hybridized carbons (Fsp3) is 0.625. The standard InChI is InChI=1S/C8H13NO4/c1-5(6(10)11)9-7(12)13-8(2,3)4/h1-4H3,(H,10,11). The Morgan fingerprint density at radius 3 is 2.08 bits per heavy atom. The van der Waals surface area contributed by atoms with E-state index in [4.69, 9.17) is 9.84 Å². The first-order valence-electron chi connectivity index (χ1n) is 3.74. The van der Waals surface area contributed by atoms with Crippen LogP contribution < -0.4 is 0 Å². The van der Waals surface area contributed by atoms with E-state index in [-0.39, 0.29) is 5.71 Å². The van der Waals surface area contributed by atoms with Crippen LogP contribution in [0.25, 0.3) is 0 Å². The summed E-state index contributed by atoms with van der Waals surface area (Å²) in [4.78, 5) is 24.4. The lowest BCUT2D eigenvalue weighted by Crippen LogP contribution is -2.23. The Labute approximate surface area is 76.4 Å². The van der Waals surface area contributed by atoms with Gasteiger partial charge >= 0.3 is 12.1 Å². The molecular formula is C8H13NO4. The zero-order valence-corrected chi connectivity index (χ0v) is 8.12. The van der Waals surface area contributed by atoms with Gasteiger partial charge in [-0.25, -0.2) is 9.59 Å². The summed E-state index contributed by atoms with van der Waals surface area (Å²) in [7, 11) is 0. The molecule has 0 fully saturated rings. The molecule has 74 valence electrons. The van der Waals surface area contributed by atoms with Gasteiger partial charge in [-0.1, -0.05) is 0 Å². The highest BCUT2D eigenvalue weighted by Crippen LogP contribution is 2.07. The minimum Gasteiger partial charge on any atom is -0.477 e. The van der Waals surface area contributed by atoms with Crippen LogP contribution in [0.4, 0.5) is 4.79 Å². The lowest BCUT2D eigenvalue weighted by Gasteiger charge is -2.17. The normalized spacial score (nSPS) is 12.5. The van der Waals surface area contributed by atoms with Crippen molar-refractivity contribution in [3.63, 3.8) is 0 Å². The molecule has 5 nitrogen and oxygen atoms in total. The molecule has 1 amide bonds. The number of ether oxygens (including phenoxy) is 1. The fourth-order valence-electron chi connectivity index (χ4n) is 0.470. The van der Waals surface area contributed by atoms with Crippen molar-refractivity contribution < 1.29 is 19.4 Å². The third-order valence-corrected chi connectivity index (χ3v) is 0.962. The lowest BCUT2D eigenvalue weighted by molar-refractivity contribution is -0.129. The number of rotatable bonds is 1. The van der Waals surface area contributed by atoms with Crippen LogP contribution in [0.5, 0.6) is 0 Å². The predicted octanol–water partition coefficient (Wildman–Crippen LogP) is 1.47. The van der Waals surface area contributed by atoms with Gasteiger partial charge in [0.1, 0.15) is 11.3 Å². The average Bonchev–Trinajstić information content (AvgIpc) is 1.81. The Morgan fingerprint density at radius 1 is 1.31 bits per heavy atom. The molecule has 0 radical (unpaired) electrons. The first-order chi connectivity index (χ1) is 5.72. The first kappa shape index (κ1) is 11.6. The maximum atomic E-state index is 10.9. The van der Waals surface area contributed by atoms with Crippen molar-refractivity contribution in [3.8, 4) is 0 Å². The summed E-state index contributed by atoms with van der Waals surface area (Å²) >= 11 is 0. The van der Waals surface area contributed by atoms with E-state index in [1.807, 2.05) is 0 Å². The van der Waals surface area contributed by atoms with E-state index in [2.05, 4.69) is 4.99 Å². The molecule has 0 aromatic heterocycles. The molecule has 0 saturated carbocycles. The van der Waals surface area contributed by atoms with E-state index in [9.17, 15) is 9.59 Å². The van der Waals surface area contributed by atoms with Crippen LogP contribution in [0.3, 0.4) is 0 Å². The number of nitrogens with zero attached hydrogens (tertiary/aromatic N) is 1. The Morgan fingerprint density at radius 2 is 1.77 bits per heavy atom. The Hall–Kier alpha value is -1.39. The zero-order chi connectivity index (χ0) is 10.6. The number of hydrogen-bond donors (Lipinski definition) is 1. The SMILES string of the molecule is CC(=NC(=O)OC(C)(C)C)C(=O)O. The average molecular weight is 187 g/mol. The second kappa shape index (κ2) is 4.02. The maximum Gasteiger partial charge on any atom is 0.434 e. The van der Waals surface area contributed by atoms with E-state index in [0.717, 1.165) is 0 Å². The Kier molecular flexibility index (Phi) is 3.59. The van der Waals surface area contributed by atoms with Crippen LogP contribution in [0.1, 0.15) is 27.7 Å². The number of amides is 1. The number of carbonyl (C=O) groups is 2. The van der Waals surface area contributed by atoms with Crippen molar-refractivity contribution in [1.82, 2.24) is 0 Å². The fourth-order valence-corrected chi connectivity index (χ4v) is 0.470. The molecule has 13 heavy (non-hydrogen) atoms. The summed E-state index contributed by atoms with van der Waals surface area (Å²) in [5.74, 6) is -1.23. The molecule has 5 heteroatoms. The van der Waals surface area contributed by atoms with Crippen LogP contribution >= 0.6 is 0 Å². The van der Waals surface area contributed by atoms with Gasteiger partial charge < -0.3 is 9.84 Å². The largest absolute Gasteiger partial charge is 0.477 e. The highest BCUT2D eigenvalue weighted by Gasteiger charge is 2.16. The minimum absolute atomic E-state index is 0.283. The molecule has 0 aromatic rings. The third-order valence-electron chi connectivity index (χ3n) is 0.962. The summed E-state index contributed by atoms with van der Waals surface area (Å²) in [5, 5.41) is 8.39. The molecule has 0 aliphatic heterocycles. The van der Waals surface area contributed by atoms with Crippen LogP contribution in [0, 0.1) is 0 Å². The number of aliphatic carboxylic acids is 1. The molecule has 0 atom stereocenters. The van der Waals surface area contributed by atoms with Crippen LogP contribution in [-0.2, 0) is 9.53 Å². The topological polar surface area (TPSA) is 76.0 Å². The number of carbonyl (C=O) groups excluding carboxylic acids is 1. The monoisotopic (exact) mass is 187 g/mol. The maximum absolute atomic E-state index is 10.9. The van der Waals surface area contributed by atoms with Crippen molar-refractivity contribution in [1.29, 1.82) is 0 Å². The predicted molar refractivity (Wildman–Crippen MR) is 47.0 cm³/mol. The Bertz CT molecular complexity index is 249. The van der Waals surface area contributed by atoms with Crippen LogP contribution in [-0.4, -0.2) is 28.5 Å². The van der Waals surface area contributed by atoms with E-state index < -0.39 is 17.7 Å². The molecule has 0 unspecified atom stereocenters. The molecule has 0 aliphatic carbocycles. The van der Waals surface area contributed by atoms with Gasteiger partial charge in [0, 0.05) is 0 Å². The quantitative estimate of drug-likeness (QED) is 0.630. The molecule has 0 bridgehead atoms. The molecule has 0 rings (SSSR count). The van der Waals surface area contributed by atoms with Crippen molar-refractivity contribution >= 4 is 17.8 Å². The summed E-state index contributed by atoms with van der Waals surface area (Å²) in [6, 6.07) is 0. The van der Waals surface area contributed by atoms with Gasteiger partial charge in [0.2, 0.25) is 0 Å². The van der Waals surface area contributed by atoms with Crippen molar-refractivity contribution in [2.24, 2.45) is 4.99 Å². The summed E-state index contributed by atoms with van der Waals surface area (Å²) in [6.07, 6.45) is -0.882. The molecule has 0 heterocycles. The highest BCUT2D eigenvalue weighted by molar-refractivity contribution is 6.36.